The SMILES string of the molecule is C=C.C=C(C)/C=C\CCCCN1CN(C)n2ccc(=O)c(OCc3ccccc3)c2C1=O. The third-order valence-corrected chi connectivity index (χ3v) is 4.95. The Balaban J connectivity index is 0.00000176. The summed E-state index contributed by atoms with van der Waals surface area (Å²) in [5.41, 5.74) is 1.98. The Labute approximate surface area is 190 Å². The highest BCUT2D eigenvalue weighted by atomic mass is 16.5. The molecule has 1 aliphatic heterocycles. The molecule has 0 bridgehead atoms. The summed E-state index contributed by atoms with van der Waals surface area (Å²) in [6.45, 7) is 13.2. The largest absolute Gasteiger partial charge is 0.482 e. The van der Waals surface area contributed by atoms with Crippen LogP contribution in [0.1, 0.15) is 42.2 Å². The van der Waals surface area contributed by atoms with Crippen molar-refractivity contribution in [3.63, 3.8) is 0 Å². The first kappa shape index (κ1) is 24.7. The Morgan fingerprint density at radius 1 is 1.12 bits per heavy atom. The molecule has 0 radical (unpaired) electrons. The van der Waals surface area contributed by atoms with E-state index in [-0.39, 0.29) is 29.4 Å². The van der Waals surface area contributed by atoms with Crippen LogP contribution >= 0.6 is 0 Å². The average molecular weight is 436 g/mol. The maximum atomic E-state index is 13.2. The number of ether oxygens (including phenoxy) is 1. The molecule has 1 aliphatic rings. The lowest BCUT2D eigenvalue weighted by atomic mass is 10.2. The Kier molecular flexibility index (Phi) is 9.54. The number of carbonyl (C=O) groups is 1. The van der Waals surface area contributed by atoms with Crippen molar-refractivity contribution in [2.24, 2.45) is 0 Å². The third kappa shape index (κ3) is 6.48. The van der Waals surface area contributed by atoms with E-state index in [2.05, 4.69) is 25.8 Å². The van der Waals surface area contributed by atoms with Gasteiger partial charge in [0.2, 0.25) is 5.43 Å². The van der Waals surface area contributed by atoms with E-state index in [1.165, 1.54) is 6.07 Å². The van der Waals surface area contributed by atoms with Crippen LogP contribution in [0.3, 0.4) is 0 Å². The maximum Gasteiger partial charge on any atom is 0.277 e. The van der Waals surface area contributed by atoms with E-state index in [1.54, 1.807) is 15.8 Å². The summed E-state index contributed by atoms with van der Waals surface area (Å²) in [4.78, 5) is 27.5. The van der Waals surface area contributed by atoms with Crippen LogP contribution in [0.15, 0.2) is 84.9 Å². The van der Waals surface area contributed by atoms with Crippen molar-refractivity contribution in [2.75, 3.05) is 25.3 Å². The average Bonchev–Trinajstić information content (AvgIpc) is 2.80. The highest BCUT2D eigenvalue weighted by molar-refractivity contribution is 5.96. The van der Waals surface area contributed by atoms with Gasteiger partial charge in [0.1, 0.15) is 13.3 Å². The number of amides is 1. The van der Waals surface area contributed by atoms with Crippen LogP contribution in [0, 0.1) is 0 Å². The van der Waals surface area contributed by atoms with Gasteiger partial charge in [-0.1, -0.05) is 54.6 Å². The Morgan fingerprint density at radius 2 is 1.84 bits per heavy atom. The normalized spacial score (nSPS) is 12.9. The number of hydrogen-bond acceptors (Lipinski definition) is 4. The molecule has 3 rings (SSSR count). The number of carbonyl (C=O) groups excluding carboxylic acids is 1. The van der Waals surface area contributed by atoms with E-state index in [4.69, 9.17) is 4.74 Å². The van der Waals surface area contributed by atoms with Gasteiger partial charge in [0, 0.05) is 25.9 Å². The lowest BCUT2D eigenvalue weighted by Crippen LogP contribution is -2.52. The molecule has 0 atom stereocenters. The summed E-state index contributed by atoms with van der Waals surface area (Å²) in [5.74, 6) is -0.0707. The molecule has 1 aromatic heterocycles. The lowest BCUT2D eigenvalue weighted by molar-refractivity contribution is 0.0687. The van der Waals surface area contributed by atoms with Gasteiger partial charge in [-0.15, -0.1) is 13.2 Å². The smallest absolute Gasteiger partial charge is 0.277 e. The number of hydrogen-bond donors (Lipinski definition) is 0. The van der Waals surface area contributed by atoms with Crippen LogP contribution in [0.25, 0.3) is 0 Å². The summed E-state index contributed by atoms with van der Waals surface area (Å²) in [6, 6.07) is 11.0. The second kappa shape index (κ2) is 12.3. The quantitative estimate of drug-likeness (QED) is 0.330. The van der Waals surface area contributed by atoms with Crippen LogP contribution in [0.4, 0.5) is 0 Å². The molecule has 1 amide bonds. The molecule has 0 saturated carbocycles. The van der Waals surface area contributed by atoms with Gasteiger partial charge < -0.3 is 9.64 Å². The molecule has 2 heterocycles. The first-order chi connectivity index (χ1) is 15.5. The zero-order valence-corrected chi connectivity index (χ0v) is 19.1. The Bertz CT molecular complexity index is 995. The molecule has 170 valence electrons. The van der Waals surface area contributed by atoms with Crippen molar-refractivity contribution in [2.45, 2.75) is 32.8 Å². The Hall–Kier alpha value is -3.54. The molecule has 1 aromatic carbocycles. The van der Waals surface area contributed by atoms with Crippen molar-refractivity contribution in [3.05, 3.63) is 102 Å². The van der Waals surface area contributed by atoms with E-state index in [0.29, 0.717) is 13.2 Å². The van der Waals surface area contributed by atoms with E-state index in [9.17, 15) is 9.59 Å². The standard InChI is InChI=1S/C24H29N3O3.C2H4/c1-19(2)11-7-4-5-10-15-26-18-25(3)27-16-14-21(28)23(22(27)24(26)29)30-17-20-12-8-6-9-13-20;1-2/h6-9,11-14,16H,1,4-5,10,15,17-18H2,2-3H3;1-2H2/b11-7-;. The highest BCUT2D eigenvalue weighted by Crippen LogP contribution is 2.21. The predicted octanol–water partition coefficient (Wildman–Crippen LogP) is 4.51. The minimum atomic E-state index is -0.286. The molecule has 0 unspecified atom stereocenters. The number of pyridine rings is 1. The Morgan fingerprint density at radius 3 is 2.53 bits per heavy atom. The molecule has 0 aliphatic carbocycles. The number of fused-ring (bicyclic) bond motifs is 1. The predicted molar refractivity (Wildman–Crippen MR) is 131 cm³/mol. The first-order valence-corrected chi connectivity index (χ1v) is 10.7. The number of aromatic nitrogens is 1. The summed E-state index contributed by atoms with van der Waals surface area (Å²) in [6.07, 6.45) is 8.57. The summed E-state index contributed by atoms with van der Waals surface area (Å²) < 4.78 is 7.55. The van der Waals surface area contributed by atoms with Gasteiger partial charge in [-0.05, 0) is 31.7 Å². The lowest BCUT2D eigenvalue weighted by Gasteiger charge is -2.37. The molecule has 0 fully saturated rings. The van der Waals surface area contributed by atoms with Crippen molar-refractivity contribution < 1.29 is 9.53 Å². The van der Waals surface area contributed by atoms with Crippen LogP contribution in [0.5, 0.6) is 5.75 Å². The fraction of sp³-hybridized carbons (Fsp3) is 0.308. The molecule has 6 heteroatoms. The zero-order chi connectivity index (χ0) is 23.5. The first-order valence-electron chi connectivity index (χ1n) is 10.7. The number of allylic oxidation sites excluding steroid dienone is 3. The van der Waals surface area contributed by atoms with Gasteiger partial charge in [-0.2, -0.15) is 0 Å². The number of benzene rings is 1. The second-order valence-corrected chi connectivity index (χ2v) is 7.59. The second-order valence-electron chi connectivity index (χ2n) is 7.59. The van der Waals surface area contributed by atoms with Crippen LogP contribution < -0.4 is 15.2 Å². The van der Waals surface area contributed by atoms with Crippen molar-refractivity contribution >= 4 is 5.91 Å². The highest BCUT2D eigenvalue weighted by Gasteiger charge is 2.31. The molecule has 0 N–H and O–H groups in total. The minimum absolute atomic E-state index is 0.104. The fourth-order valence-corrected chi connectivity index (χ4v) is 3.41. The molecule has 2 aromatic rings. The summed E-state index contributed by atoms with van der Waals surface area (Å²) in [5, 5.41) is 1.91. The number of unbranched alkanes of at least 4 members (excludes halogenated alkanes) is 2. The summed E-state index contributed by atoms with van der Waals surface area (Å²) in [7, 11) is 1.89. The van der Waals surface area contributed by atoms with Gasteiger partial charge in [0.05, 0.1) is 0 Å². The fourth-order valence-electron chi connectivity index (χ4n) is 3.41. The van der Waals surface area contributed by atoms with E-state index < -0.39 is 0 Å². The van der Waals surface area contributed by atoms with Crippen LogP contribution in [-0.2, 0) is 6.61 Å². The molecular formula is C26H33N3O3. The topological polar surface area (TPSA) is 54.8 Å². The van der Waals surface area contributed by atoms with E-state index in [0.717, 1.165) is 30.4 Å². The van der Waals surface area contributed by atoms with Gasteiger partial charge in [0.25, 0.3) is 5.91 Å². The van der Waals surface area contributed by atoms with Crippen molar-refractivity contribution in [1.29, 1.82) is 0 Å². The monoisotopic (exact) mass is 435 g/mol. The maximum absolute atomic E-state index is 13.2. The van der Waals surface area contributed by atoms with E-state index in [1.807, 2.05) is 55.4 Å². The molecule has 6 nitrogen and oxygen atoms in total. The van der Waals surface area contributed by atoms with E-state index >= 15 is 0 Å². The third-order valence-electron chi connectivity index (χ3n) is 4.95. The van der Waals surface area contributed by atoms with Gasteiger partial charge in [0.15, 0.2) is 11.4 Å². The van der Waals surface area contributed by atoms with Crippen molar-refractivity contribution in [3.8, 4) is 5.75 Å². The molecule has 0 saturated heterocycles. The van der Waals surface area contributed by atoms with Crippen LogP contribution in [-0.4, -0.2) is 35.7 Å². The van der Waals surface area contributed by atoms with Crippen molar-refractivity contribution in [1.82, 2.24) is 9.58 Å². The molecule has 32 heavy (non-hydrogen) atoms. The van der Waals surface area contributed by atoms with Crippen LogP contribution in [0.2, 0.25) is 0 Å². The van der Waals surface area contributed by atoms with Gasteiger partial charge >= 0.3 is 0 Å². The van der Waals surface area contributed by atoms with Gasteiger partial charge in [-0.3, -0.25) is 19.3 Å². The molecular weight excluding hydrogens is 402 g/mol. The van der Waals surface area contributed by atoms with Gasteiger partial charge in [-0.25, -0.2) is 0 Å². The minimum Gasteiger partial charge on any atom is -0.482 e. The summed E-state index contributed by atoms with van der Waals surface area (Å²) >= 11 is 0. The number of nitrogens with zero attached hydrogens (tertiary/aromatic N) is 3. The number of rotatable bonds is 9. The zero-order valence-electron chi connectivity index (χ0n) is 19.1. The molecule has 0 spiro atoms.